The predicted octanol–water partition coefficient (Wildman–Crippen LogP) is 5.31. The van der Waals surface area contributed by atoms with Gasteiger partial charge >= 0.3 is 0 Å². The molecule has 17 unspecified atom stereocenters. The van der Waals surface area contributed by atoms with Crippen LogP contribution in [-0.4, -0.2) is 193 Å². The van der Waals surface area contributed by atoms with Crippen LogP contribution < -0.4 is 5.32 Å². The van der Waals surface area contributed by atoms with Gasteiger partial charge in [0.15, 0.2) is 18.9 Å². The van der Waals surface area contributed by atoms with Crippen LogP contribution in [0, 0.1) is 0 Å². The number of hydrogen-bond acceptors (Lipinski definition) is 18. The van der Waals surface area contributed by atoms with Crippen molar-refractivity contribution in [1.29, 1.82) is 0 Å². The Bertz CT molecular complexity index is 1960. The summed E-state index contributed by atoms with van der Waals surface area (Å²) in [5.74, 6) is -0.331. The van der Waals surface area contributed by atoms with Crippen molar-refractivity contribution in [3.8, 4) is 0 Å². The van der Waals surface area contributed by atoms with Crippen molar-refractivity contribution in [3.05, 3.63) is 122 Å². The summed E-state index contributed by atoms with van der Waals surface area (Å²) in [6.45, 7) is 1.45. The quantitative estimate of drug-likeness (QED) is 0.0273. The second-order valence-corrected chi connectivity index (χ2v) is 20.7. The van der Waals surface area contributed by atoms with E-state index in [0.717, 1.165) is 89.9 Å². The van der Waals surface area contributed by atoms with E-state index in [1.54, 1.807) is 12.2 Å². The third kappa shape index (κ3) is 27.9. The number of hydrogen-bond donors (Lipinski definition) is 12. The first kappa shape index (κ1) is 72.4. The predicted molar refractivity (Wildman–Crippen MR) is 313 cm³/mol. The Labute approximate surface area is 487 Å². The van der Waals surface area contributed by atoms with Gasteiger partial charge in [-0.25, -0.2) is 0 Å². The lowest BCUT2D eigenvalue weighted by atomic mass is 9.96. The minimum atomic E-state index is -1.99. The SMILES string of the molecule is CC/C=C\C/C=C\C/C=C\C/C=C\C/C=C\C/C=C\C/C=C\CCCCCC(=O)NC(COC1OC(CO)C(OC2OC(CO)C(OC3OC(CO)C(O)C(O)C3O)C(O)C2O)C(O)C1O)C(O)/C=C/CC/C=C/CC/C=C/CCCC. The van der Waals surface area contributed by atoms with E-state index in [2.05, 4.69) is 129 Å². The molecule has 3 aliphatic rings. The van der Waals surface area contributed by atoms with Gasteiger partial charge in [0, 0.05) is 6.42 Å². The molecule has 17 atom stereocenters. The molecular weight excluding hydrogens is 1060 g/mol. The van der Waals surface area contributed by atoms with Crippen LogP contribution >= 0.6 is 0 Å². The number of nitrogens with one attached hydrogen (secondary N) is 1. The molecule has 3 fully saturated rings. The molecule has 12 N–H and O–H groups in total. The first-order valence-electron chi connectivity index (χ1n) is 29.8. The average Bonchev–Trinajstić information content (AvgIpc) is 3.59. The molecule has 0 aromatic heterocycles. The third-order valence-corrected chi connectivity index (χ3v) is 14.0. The Kier molecular flexibility index (Phi) is 39.4. The average molecular weight is 1160 g/mol. The third-order valence-electron chi connectivity index (χ3n) is 14.0. The summed E-state index contributed by atoms with van der Waals surface area (Å²) in [6.07, 6.45) is 31.9. The fourth-order valence-electron chi connectivity index (χ4n) is 9.07. The standard InChI is InChI=1S/C63H101NO18/c1-3-5-7-9-11-13-15-17-18-19-20-21-22-23-24-25-26-27-28-29-31-33-35-37-39-41-51(69)64-46(47(68)40-38-36-34-32-30-16-14-12-10-8-6-4-2)45-77-61-57(75)54(72)59(49(43-66)79-61)82-63-58(76)55(73)60(50(44-67)80-63)81-62-56(74)53(71)52(70)48(42-65)78-62/h5,7,10-13,17-18,20-21,23-24,26-27,29-32,38,40,46-50,52-63,65-68,70-76H,3-4,6,8-9,14-16,19,22,25,28,33-37,39,41-45H2,1-2H3,(H,64,69)/b7-5-,12-10+,13-11-,18-17-,21-20-,24-23-,27-26-,31-29-,32-30+,40-38+. The van der Waals surface area contributed by atoms with Crippen LogP contribution in [-0.2, 0) is 33.2 Å². The molecule has 0 radical (unpaired) electrons. The zero-order valence-corrected chi connectivity index (χ0v) is 48.4. The molecule has 0 spiro atoms. The summed E-state index contributed by atoms with van der Waals surface area (Å²) in [5.41, 5.74) is 0. The molecule has 0 aromatic rings. The highest BCUT2D eigenvalue weighted by Crippen LogP contribution is 2.33. The van der Waals surface area contributed by atoms with Gasteiger partial charge in [-0.15, -0.1) is 0 Å². The fraction of sp³-hybridized carbons (Fsp3) is 0.667. The molecule has 3 aliphatic heterocycles. The normalized spacial score (nSPS) is 30.5. The van der Waals surface area contributed by atoms with Crippen molar-refractivity contribution in [3.63, 3.8) is 0 Å². The van der Waals surface area contributed by atoms with Crippen LogP contribution in [0.4, 0.5) is 0 Å². The first-order chi connectivity index (χ1) is 39.8. The molecule has 3 saturated heterocycles. The van der Waals surface area contributed by atoms with Crippen molar-refractivity contribution in [2.24, 2.45) is 0 Å². The minimum absolute atomic E-state index is 0.183. The second-order valence-electron chi connectivity index (χ2n) is 20.7. The summed E-state index contributed by atoms with van der Waals surface area (Å²) in [4.78, 5) is 13.3. The Morgan fingerprint density at radius 2 is 0.854 bits per heavy atom. The molecule has 3 heterocycles. The number of rotatable bonds is 41. The van der Waals surface area contributed by atoms with E-state index in [0.29, 0.717) is 12.8 Å². The van der Waals surface area contributed by atoms with Crippen LogP contribution in [0.2, 0.25) is 0 Å². The number of aliphatic hydroxyl groups excluding tert-OH is 11. The van der Waals surface area contributed by atoms with E-state index in [-0.39, 0.29) is 12.3 Å². The largest absolute Gasteiger partial charge is 0.394 e. The highest BCUT2D eigenvalue weighted by atomic mass is 16.8. The Morgan fingerprint density at radius 3 is 1.34 bits per heavy atom. The maximum Gasteiger partial charge on any atom is 0.220 e. The summed E-state index contributed by atoms with van der Waals surface area (Å²) in [7, 11) is 0. The molecule has 3 rings (SSSR count). The fourth-order valence-corrected chi connectivity index (χ4v) is 9.07. The zero-order chi connectivity index (χ0) is 59.7. The Balaban J connectivity index is 1.50. The lowest BCUT2D eigenvalue weighted by molar-refractivity contribution is -0.379. The van der Waals surface area contributed by atoms with Gasteiger partial charge in [0.25, 0.3) is 0 Å². The van der Waals surface area contributed by atoms with E-state index >= 15 is 0 Å². The van der Waals surface area contributed by atoms with Crippen molar-refractivity contribution in [2.75, 3.05) is 26.4 Å². The minimum Gasteiger partial charge on any atom is -0.394 e. The summed E-state index contributed by atoms with van der Waals surface area (Å²) < 4.78 is 34.1. The Hall–Kier alpha value is -3.81. The van der Waals surface area contributed by atoms with Crippen LogP contribution in [0.3, 0.4) is 0 Å². The van der Waals surface area contributed by atoms with Crippen LogP contribution in [0.25, 0.3) is 0 Å². The molecule has 0 aromatic carbocycles. The lowest BCUT2D eigenvalue weighted by Crippen LogP contribution is -2.66. The van der Waals surface area contributed by atoms with Crippen molar-refractivity contribution in [1.82, 2.24) is 5.32 Å². The van der Waals surface area contributed by atoms with Gasteiger partial charge < -0.3 is 89.9 Å². The molecule has 82 heavy (non-hydrogen) atoms. The van der Waals surface area contributed by atoms with E-state index in [4.69, 9.17) is 28.4 Å². The van der Waals surface area contributed by atoms with Crippen LogP contribution in [0.5, 0.6) is 0 Å². The molecule has 1 amide bonds. The molecule has 19 nitrogen and oxygen atoms in total. The number of aliphatic hydroxyl groups is 11. The maximum absolute atomic E-state index is 13.3. The lowest BCUT2D eigenvalue weighted by Gasteiger charge is -2.48. The van der Waals surface area contributed by atoms with E-state index < -0.39 is 131 Å². The molecule has 466 valence electrons. The molecule has 0 saturated carbocycles. The molecule has 0 aliphatic carbocycles. The number of carbonyl (C=O) groups is 1. The van der Waals surface area contributed by atoms with Gasteiger partial charge in [-0.2, -0.15) is 0 Å². The summed E-state index contributed by atoms with van der Waals surface area (Å²) >= 11 is 0. The van der Waals surface area contributed by atoms with E-state index in [1.807, 2.05) is 0 Å². The van der Waals surface area contributed by atoms with E-state index in [1.165, 1.54) is 12.8 Å². The first-order valence-corrected chi connectivity index (χ1v) is 29.8. The van der Waals surface area contributed by atoms with Gasteiger partial charge in [-0.3, -0.25) is 4.79 Å². The van der Waals surface area contributed by atoms with Gasteiger partial charge in [0.1, 0.15) is 73.2 Å². The summed E-state index contributed by atoms with van der Waals surface area (Å²) in [5, 5.41) is 120. The summed E-state index contributed by atoms with van der Waals surface area (Å²) in [6, 6.07) is -1.02. The van der Waals surface area contributed by atoms with Gasteiger partial charge in [0.2, 0.25) is 5.91 Å². The smallest absolute Gasteiger partial charge is 0.220 e. The highest BCUT2D eigenvalue weighted by molar-refractivity contribution is 5.76. The molecule has 0 bridgehead atoms. The number of amides is 1. The number of unbranched alkanes of at least 4 members (excludes halogenated alkanes) is 7. The Morgan fingerprint density at radius 1 is 0.451 bits per heavy atom. The van der Waals surface area contributed by atoms with Crippen molar-refractivity contribution in [2.45, 2.75) is 240 Å². The zero-order valence-electron chi connectivity index (χ0n) is 48.4. The molecule has 19 heteroatoms. The number of carbonyl (C=O) groups excluding carboxylic acids is 1. The second kappa shape index (κ2) is 44.6. The van der Waals surface area contributed by atoms with Crippen LogP contribution in [0.15, 0.2) is 122 Å². The topological polar surface area (TPSA) is 307 Å². The maximum atomic E-state index is 13.3. The van der Waals surface area contributed by atoms with Gasteiger partial charge in [0.05, 0.1) is 38.6 Å². The van der Waals surface area contributed by atoms with Gasteiger partial charge in [-0.05, 0) is 96.3 Å². The highest BCUT2D eigenvalue weighted by Gasteiger charge is 2.53. The van der Waals surface area contributed by atoms with Crippen molar-refractivity contribution < 1.29 is 89.4 Å². The number of allylic oxidation sites excluding steroid dienone is 19. The van der Waals surface area contributed by atoms with Crippen molar-refractivity contribution >= 4 is 5.91 Å². The molecular formula is C63H101NO18. The van der Waals surface area contributed by atoms with Gasteiger partial charge in [-0.1, -0.05) is 155 Å². The monoisotopic (exact) mass is 1160 g/mol. The van der Waals surface area contributed by atoms with E-state index in [9.17, 15) is 61.0 Å². The van der Waals surface area contributed by atoms with Crippen LogP contribution in [0.1, 0.15) is 136 Å². The number of ether oxygens (including phenoxy) is 6.